The van der Waals surface area contributed by atoms with Crippen LogP contribution in [-0.2, 0) is 10.0 Å². The molecule has 0 bridgehead atoms. The van der Waals surface area contributed by atoms with Crippen molar-refractivity contribution in [1.82, 2.24) is 10.0 Å². The average Bonchev–Trinajstić information content (AvgIpc) is 2.36. The molecule has 18 heavy (non-hydrogen) atoms. The molecular formula is C11H17N3O3S. The molecule has 0 saturated heterocycles. The Balaban J connectivity index is 2.83. The predicted molar refractivity (Wildman–Crippen MR) is 68.7 cm³/mol. The molecule has 0 fully saturated rings. The molecule has 0 aromatic heterocycles. The van der Waals surface area contributed by atoms with E-state index in [1.165, 1.54) is 24.3 Å². The zero-order valence-corrected chi connectivity index (χ0v) is 11.0. The number of hydrogen-bond acceptors (Lipinski definition) is 4. The maximum atomic E-state index is 11.7. The van der Waals surface area contributed by atoms with E-state index in [-0.39, 0.29) is 10.8 Å². The lowest BCUT2D eigenvalue weighted by molar-refractivity contribution is 0.0954. The number of nitrogens with two attached hydrogens (primary N) is 1. The summed E-state index contributed by atoms with van der Waals surface area (Å²) in [5.41, 5.74) is 5.67. The molecule has 0 aliphatic heterocycles. The number of amides is 1. The van der Waals surface area contributed by atoms with Gasteiger partial charge < -0.3 is 11.1 Å². The van der Waals surface area contributed by atoms with Gasteiger partial charge in [0.05, 0.1) is 4.90 Å². The quantitative estimate of drug-likeness (QED) is 0.659. The average molecular weight is 271 g/mol. The summed E-state index contributed by atoms with van der Waals surface area (Å²) in [4.78, 5) is 11.7. The van der Waals surface area contributed by atoms with E-state index in [0.29, 0.717) is 25.2 Å². The molecule has 1 rings (SSSR count). The third kappa shape index (κ3) is 3.80. The van der Waals surface area contributed by atoms with Crippen LogP contribution in [0.5, 0.6) is 0 Å². The molecule has 1 aromatic carbocycles. The van der Waals surface area contributed by atoms with Gasteiger partial charge in [0, 0.05) is 25.2 Å². The van der Waals surface area contributed by atoms with Crippen LogP contribution in [0.15, 0.2) is 29.2 Å². The second-order valence-corrected chi connectivity index (χ2v) is 5.34. The van der Waals surface area contributed by atoms with Crippen molar-refractivity contribution in [3.05, 3.63) is 29.8 Å². The molecule has 0 spiro atoms. The van der Waals surface area contributed by atoms with Crippen molar-refractivity contribution in [3.8, 4) is 0 Å². The molecule has 4 N–H and O–H groups in total. The summed E-state index contributed by atoms with van der Waals surface area (Å²) >= 11 is 0. The van der Waals surface area contributed by atoms with Crippen LogP contribution in [-0.4, -0.2) is 34.0 Å². The Morgan fingerprint density at radius 3 is 2.39 bits per heavy atom. The Hall–Kier alpha value is -1.44. The highest BCUT2D eigenvalue weighted by atomic mass is 32.2. The molecule has 6 nitrogen and oxygen atoms in total. The molecule has 100 valence electrons. The number of benzene rings is 1. The summed E-state index contributed by atoms with van der Waals surface area (Å²) in [5, 5.41) is 2.60. The Labute approximate surface area is 107 Å². The molecule has 1 amide bonds. The second kappa shape index (κ2) is 6.48. The van der Waals surface area contributed by atoms with Crippen molar-refractivity contribution in [3.63, 3.8) is 0 Å². The Bertz CT molecular complexity index is 497. The number of hydrogen-bond donors (Lipinski definition) is 3. The van der Waals surface area contributed by atoms with E-state index in [1.54, 1.807) is 6.92 Å². The predicted octanol–water partition coefficient (Wildman–Crippen LogP) is -0.327. The summed E-state index contributed by atoms with van der Waals surface area (Å²) in [7, 11) is -3.47. The van der Waals surface area contributed by atoms with Crippen molar-refractivity contribution in [2.45, 2.75) is 11.8 Å². The van der Waals surface area contributed by atoms with Crippen LogP contribution >= 0.6 is 0 Å². The van der Waals surface area contributed by atoms with Crippen LogP contribution in [0.1, 0.15) is 17.3 Å². The molecule has 0 unspecified atom stereocenters. The van der Waals surface area contributed by atoms with Gasteiger partial charge in [0.15, 0.2) is 0 Å². The van der Waals surface area contributed by atoms with Gasteiger partial charge in [-0.15, -0.1) is 0 Å². The first-order chi connectivity index (χ1) is 8.51. The molecule has 0 aliphatic carbocycles. The number of nitrogens with one attached hydrogen (secondary N) is 2. The first kappa shape index (κ1) is 14.6. The molecule has 0 aliphatic rings. The largest absolute Gasteiger partial charge is 0.351 e. The normalized spacial score (nSPS) is 11.2. The van der Waals surface area contributed by atoms with Crippen LogP contribution in [0.4, 0.5) is 0 Å². The Morgan fingerprint density at radius 1 is 1.28 bits per heavy atom. The summed E-state index contributed by atoms with van der Waals surface area (Å²) < 4.78 is 25.7. The summed E-state index contributed by atoms with van der Waals surface area (Å²) in [6, 6.07) is 5.73. The molecule has 0 radical (unpaired) electrons. The van der Waals surface area contributed by atoms with E-state index in [2.05, 4.69) is 10.0 Å². The smallest absolute Gasteiger partial charge is 0.251 e. The summed E-state index contributed by atoms with van der Waals surface area (Å²) in [6.07, 6.45) is 0. The fraction of sp³-hybridized carbons (Fsp3) is 0.364. The van der Waals surface area contributed by atoms with Crippen LogP contribution in [0.2, 0.25) is 0 Å². The summed E-state index contributed by atoms with van der Waals surface area (Å²) in [5.74, 6) is -0.271. The highest BCUT2D eigenvalue weighted by molar-refractivity contribution is 7.89. The molecule has 1 aromatic rings. The fourth-order valence-corrected chi connectivity index (χ4v) is 2.39. The van der Waals surface area contributed by atoms with E-state index >= 15 is 0 Å². The maximum absolute atomic E-state index is 11.7. The number of carbonyl (C=O) groups is 1. The third-order valence-electron chi connectivity index (χ3n) is 2.19. The van der Waals surface area contributed by atoms with Gasteiger partial charge in [0.25, 0.3) is 5.91 Å². The minimum Gasteiger partial charge on any atom is -0.351 e. The van der Waals surface area contributed by atoms with Crippen molar-refractivity contribution in [1.29, 1.82) is 0 Å². The lowest BCUT2D eigenvalue weighted by Crippen LogP contribution is -2.29. The SMILES string of the molecule is CCNS(=O)(=O)c1ccc(C(=O)NCCN)cc1. The minimum atomic E-state index is -3.47. The van der Waals surface area contributed by atoms with Gasteiger partial charge in [-0.05, 0) is 24.3 Å². The zero-order chi connectivity index (χ0) is 13.6. The first-order valence-electron chi connectivity index (χ1n) is 5.59. The highest BCUT2D eigenvalue weighted by Crippen LogP contribution is 2.10. The summed E-state index contributed by atoms with van der Waals surface area (Å²) in [6.45, 7) is 2.77. The van der Waals surface area contributed by atoms with Gasteiger partial charge in [-0.2, -0.15) is 0 Å². The molecule has 0 heterocycles. The van der Waals surface area contributed by atoms with Gasteiger partial charge in [-0.3, -0.25) is 4.79 Å². The lowest BCUT2D eigenvalue weighted by Gasteiger charge is -2.06. The van der Waals surface area contributed by atoms with Crippen molar-refractivity contribution >= 4 is 15.9 Å². The number of carbonyl (C=O) groups excluding carboxylic acids is 1. The fourth-order valence-electron chi connectivity index (χ4n) is 1.35. The van der Waals surface area contributed by atoms with Gasteiger partial charge in [0.2, 0.25) is 10.0 Å². The third-order valence-corrected chi connectivity index (χ3v) is 3.75. The number of sulfonamides is 1. The first-order valence-corrected chi connectivity index (χ1v) is 7.07. The van der Waals surface area contributed by atoms with Crippen molar-refractivity contribution in [2.75, 3.05) is 19.6 Å². The Morgan fingerprint density at radius 2 is 1.89 bits per heavy atom. The van der Waals surface area contributed by atoms with Crippen molar-refractivity contribution in [2.24, 2.45) is 5.73 Å². The van der Waals surface area contributed by atoms with Crippen LogP contribution in [0, 0.1) is 0 Å². The van der Waals surface area contributed by atoms with Gasteiger partial charge in [-0.25, -0.2) is 13.1 Å². The monoisotopic (exact) mass is 271 g/mol. The standard InChI is InChI=1S/C11H17N3O3S/c1-2-14-18(16,17)10-5-3-9(4-6-10)11(15)13-8-7-12/h3-6,14H,2,7-8,12H2,1H3,(H,13,15). The minimum absolute atomic E-state index is 0.139. The van der Waals surface area contributed by atoms with Crippen molar-refractivity contribution < 1.29 is 13.2 Å². The van der Waals surface area contributed by atoms with E-state index in [4.69, 9.17) is 5.73 Å². The van der Waals surface area contributed by atoms with Gasteiger partial charge in [-0.1, -0.05) is 6.92 Å². The molecule has 0 atom stereocenters. The molecule has 0 saturated carbocycles. The molecule has 7 heteroatoms. The highest BCUT2D eigenvalue weighted by Gasteiger charge is 2.13. The number of rotatable bonds is 6. The zero-order valence-electron chi connectivity index (χ0n) is 10.1. The van der Waals surface area contributed by atoms with E-state index < -0.39 is 10.0 Å². The van der Waals surface area contributed by atoms with E-state index in [9.17, 15) is 13.2 Å². The van der Waals surface area contributed by atoms with Crippen LogP contribution in [0.25, 0.3) is 0 Å². The van der Waals surface area contributed by atoms with Crippen LogP contribution < -0.4 is 15.8 Å². The van der Waals surface area contributed by atoms with Gasteiger partial charge >= 0.3 is 0 Å². The van der Waals surface area contributed by atoms with Gasteiger partial charge in [0.1, 0.15) is 0 Å². The van der Waals surface area contributed by atoms with Crippen LogP contribution in [0.3, 0.4) is 0 Å². The Kier molecular flexibility index (Phi) is 5.26. The van der Waals surface area contributed by atoms with E-state index in [0.717, 1.165) is 0 Å². The molecular weight excluding hydrogens is 254 g/mol. The van der Waals surface area contributed by atoms with E-state index in [1.807, 2.05) is 0 Å². The second-order valence-electron chi connectivity index (χ2n) is 3.57. The topological polar surface area (TPSA) is 101 Å². The maximum Gasteiger partial charge on any atom is 0.251 e. The lowest BCUT2D eigenvalue weighted by atomic mass is 10.2.